The van der Waals surface area contributed by atoms with Crippen LogP contribution < -0.4 is 5.43 Å². The molecule has 2 N–H and O–H groups in total. The maximum Gasteiger partial charge on any atom is 0.250 e. The van der Waals surface area contributed by atoms with Crippen molar-refractivity contribution in [1.29, 1.82) is 0 Å². The topological polar surface area (TPSA) is 92.4 Å². The Kier molecular flexibility index (Phi) is 7.07. The van der Waals surface area contributed by atoms with Gasteiger partial charge in [0.2, 0.25) is 0 Å². The van der Waals surface area contributed by atoms with Crippen LogP contribution in [-0.2, 0) is 4.79 Å². The number of amides is 1. The van der Waals surface area contributed by atoms with Crippen LogP contribution in [0, 0.1) is 0 Å². The summed E-state index contributed by atoms with van der Waals surface area (Å²) in [6, 6.07) is 23.9. The average molecular weight is 478 g/mol. The third-order valence-corrected chi connectivity index (χ3v) is 5.91. The van der Waals surface area contributed by atoms with E-state index in [-0.39, 0.29) is 17.4 Å². The second-order valence-electron chi connectivity index (χ2n) is 7.02. The monoisotopic (exact) mass is 477 g/mol. The summed E-state index contributed by atoms with van der Waals surface area (Å²) in [5, 5.41) is 23.9. The molecule has 166 valence electrons. The lowest BCUT2D eigenvalue weighted by Gasteiger charge is -2.10. The normalized spacial score (nSPS) is 11.4. The van der Waals surface area contributed by atoms with Gasteiger partial charge in [0.1, 0.15) is 5.75 Å². The molecule has 0 aliphatic heterocycles. The number of hydrazone groups is 1. The average Bonchev–Trinajstić information content (AvgIpc) is 3.26. The number of thioether (sulfide) groups is 1. The molecule has 3 aromatic carbocycles. The first-order valence-corrected chi connectivity index (χ1v) is 11.4. The van der Waals surface area contributed by atoms with Crippen molar-refractivity contribution in [2.75, 3.05) is 5.75 Å². The number of carbonyl (C=O) groups excluding carboxylic acids is 1. The number of hydrogen-bond acceptors (Lipinski definition) is 6. The number of phenols is 1. The molecule has 0 atom stereocenters. The Balaban J connectivity index is 1.52. The van der Waals surface area contributed by atoms with Crippen molar-refractivity contribution in [2.45, 2.75) is 12.1 Å². The number of hydrogen-bond donors (Lipinski definition) is 2. The number of para-hydroxylation sites is 2. The number of aromatic nitrogens is 3. The van der Waals surface area contributed by atoms with E-state index in [4.69, 9.17) is 11.6 Å². The maximum atomic E-state index is 12.4. The highest BCUT2D eigenvalue weighted by Gasteiger charge is 2.17. The van der Waals surface area contributed by atoms with Crippen molar-refractivity contribution >= 4 is 35.0 Å². The fraction of sp³-hybridized carbons (Fsp3) is 0.0833. The number of halogens is 1. The van der Waals surface area contributed by atoms with Crippen LogP contribution in [0.3, 0.4) is 0 Å². The Morgan fingerprint density at radius 2 is 1.73 bits per heavy atom. The lowest BCUT2D eigenvalue weighted by molar-refractivity contribution is -0.118. The minimum atomic E-state index is -0.301. The van der Waals surface area contributed by atoms with Gasteiger partial charge < -0.3 is 5.11 Å². The summed E-state index contributed by atoms with van der Waals surface area (Å²) in [4.78, 5) is 12.4. The van der Waals surface area contributed by atoms with Gasteiger partial charge in [-0.2, -0.15) is 5.10 Å². The molecular weight excluding hydrogens is 458 g/mol. The van der Waals surface area contributed by atoms with Crippen LogP contribution >= 0.6 is 23.4 Å². The first-order chi connectivity index (χ1) is 16.0. The summed E-state index contributed by atoms with van der Waals surface area (Å²) in [5.74, 6) is 0.538. The van der Waals surface area contributed by atoms with Crippen LogP contribution in [0.25, 0.3) is 17.1 Å². The highest BCUT2D eigenvalue weighted by atomic mass is 35.5. The number of nitrogens with zero attached hydrogens (tertiary/aromatic N) is 4. The first-order valence-electron chi connectivity index (χ1n) is 10.0. The van der Waals surface area contributed by atoms with Gasteiger partial charge in [-0.05, 0) is 55.5 Å². The smallest absolute Gasteiger partial charge is 0.250 e. The third kappa shape index (κ3) is 5.42. The number of rotatable bonds is 7. The number of benzene rings is 3. The predicted molar refractivity (Wildman–Crippen MR) is 131 cm³/mol. The van der Waals surface area contributed by atoms with Crippen molar-refractivity contribution < 1.29 is 9.90 Å². The molecule has 0 aliphatic rings. The number of nitrogens with one attached hydrogen (secondary N) is 1. The van der Waals surface area contributed by atoms with Crippen LogP contribution in [0.5, 0.6) is 5.75 Å². The van der Waals surface area contributed by atoms with Crippen LogP contribution in [0.1, 0.15) is 12.5 Å². The molecule has 4 aromatic rings. The predicted octanol–water partition coefficient (Wildman–Crippen LogP) is 4.93. The molecule has 0 bridgehead atoms. The molecule has 0 aliphatic carbocycles. The van der Waals surface area contributed by atoms with Crippen molar-refractivity contribution in [3.05, 3.63) is 89.4 Å². The third-order valence-electron chi connectivity index (χ3n) is 4.72. The van der Waals surface area contributed by atoms with Crippen LogP contribution in [0.15, 0.2) is 89.1 Å². The Hall–Kier alpha value is -3.62. The van der Waals surface area contributed by atoms with Gasteiger partial charge in [-0.25, -0.2) is 5.43 Å². The zero-order valence-electron chi connectivity index (χ0n) is 17.6. The lowest BCUT2D eigenvalue weighted by Crippen LogP contribution is -2.21. The summed E-state index contributed by atoms with van der Waals surface area (Å²) in [6.45, 7) is 1.72. The number of carbonyl (C=O) groups is 1. The van der Waals surface area contributed by atoms with E-state index in [1.54, 1.807) is 43.3 Å². The molecular formula is C24H20ClN5O2S. The highest BCUT2D eigenvalue weighted by Crippen LogP contribution is 2.28. The summed E-state index contributed by atoms with van der Waals surface area (Å²) in [7, 11) is 0. The maximum absolute atomic E-state index is 12.4. The molecule has 1 heterocycles. The molecule has 0 saturated heterocycles. The van der Waals surface area contributed by atoms with E-state index in [2.05, 4.69) is 20.7 Å². The second-order valence-corrected chi connectivity index (χ2v) is 8.40. The Bertz CT molecular complexity index is 1290. The number of aromatic hydroxyl groups is 1. The van der Waals surface area contributed by atoms with Crippen molar-refractivity contribution in [1.82, 2.24) is 20.2 Å². The fourth-order valence-corrected chi connectivity index (χ4v) is 3.98. The van der Waals surface area contributed by atoms with Gasteiger partial charge >= 0.3 is 0 Å². The van der Waals surface area contributed by atoms with Gasteiger partial charge in [0.05, 0.1) is 11.5 Å². The van der Waals surface area contributed by atoms with E-state index in [1.807, 2.05) is 47.0 Å². The Morgan fingerprint density at radius 3 is 2.45 bits per heavy atom. The molecule has 0 radical (unpaired) electrons. The van der Waals surface area contributed by atoms with Gasteiger partial charge in [0, 0.05) is 21.8 Å². The minimum Gasteiger partial charge on any atom is -0.507 e. The van der Waals surface area contributed by atoms with Gasteiger partial charge in [0.25, 0.3) is 5.91 Å². The minimum absolute atomic E-state index is 0.0864. The van der Waals surface area contributed by atoms with Crippen LogP contribution in [0.2, 0.25) is 5.02 Å². The fourth-order valence-electron chi connectivity index (χ4n) is 3.11. The van der Waals surface area contributed by atoms with Gasteiger partial charge in [0.15, 0.2) is 11.0 Å². The Labute approximate surface area is 200 Å². The number of phenolic OH excluding ortho intramolecular Hbond substituents is 1. The summed E-state index contributed by atoms with van der Waals surface area (Å²) in [5.41, 5.74) is 5.32. The molecule has 0 saturated carbocycles. The largest absolute Gasteiger partial charge is 0.507 e. The molecule has 0 spiro atoms. The molecule has 0 unspecified atom stereocenters. The van der Waals surface area contributed by atoms with Gasteiger partial charge in [-0.3, -0.25) is 9.36 Å². The highest BCUT2D eigenvalue weighted by molar-refractivity contribution is 7.99. The molecule has 0 fully saturated rings. The SMILES string of the molecule is C/C(=N\NC(=O)CSc1nnc(-c2ccc(Cl)cc2)n1-c1ccccc1)c1ccccc1O. The van der Waals surface area contributed by atoms with E-state index in [9.17, 15) is 9.90 Å². The molecule has 1 aromatic heterocycles. The zero-order chi connectivity index (χ0) is 23.2. The first kappa shape index (κ1) is 22.6. The van der Waals surface area contributed by atoms with Crippen molar-refractivity contribution in [3.63, 3.8) is 0 Å². The van der Waals surface area contributed by atoms with Crippen molar-refractivity contribution in [3.8, 4) is 22.8 Å². The van der Waals surface area contributed by atoms with E-state index in [1.165, 1.54) is 11.8 Å². The van der Waals surface area contributed by atoms with Crippen LogP contribution in [0.4, 0.5) is 0 Å². The molecule has 33 heavy (non-hydrogen) atoms. The quantitative estimate of drug-likeness (QED) is 0.224. The molecule has 9 heteroatoms. The molecule has 4 rings (SSSR count). The standard InChI is InChI=1S/C24H20ClN5O2S/c1-16(20-9-5-6-10-21(20)31)26-27-22(32)15-33-24-29-28-23(17-11-13-18(25)14-12-17)30(24)19-7-3-2-4-8-19/h2-14,31H,15H2,1H3,(H,27,32)/b26-16+. The second kappa shape index (κ2) is 10.3. The van der Waals surface area contributed by atoms with Crippen LogP contribution in [-0.4, -0.2) is 37.2 Å². The summed E-state index contributed by atoms with van der Waals surface area (Å²) < 4.78 is 1.90. The van der Waals surface area contributed by atoms with Gasteiger partial charge in [-0.1, -0.05) is 53.7 Å². The Morgan fingerprint density at radius 1 is 1.03 bits per heavy atom. The lowest BCUT2D eigenvalue weighted by atomic mass is 10.1. The van der Waals surface area contributed by atoms with E-state index in [0.29, 0.717) is 27.3 Å². The molecule has 1 amide bonds. The van der Waals surface area contributed by atoms with Crippen molar-refractivity contribution in [2.24, 2.45) is 5.10 Å². The zero-order valence-corrected chi connectivity index (χ0v) is 19.2. The van der Waals surface area contributed by atoms with Gasteiger partial charge in [-0.15, -0.1) is 10.2 Å². The van der Waals surface area contributed by atoms with E-state index < -0.39 is 0 Å². The summed E-state index contributed by atoms with van der Waals surface area (Å²) in [6.07, 6.45) is 0. The molecule has 7 nitrogen and oxygen atoms in total. The van der Waals surface area contributed by atoms with E-state index in [0.717, 1.165) is 11.3 Å². The van der Waals surface area contributed by atoms with E-state index >= 15 is 0 Å². The summed E-state index contributed by atoms with van der Waals surface area (Å²) >= 11 is 7.28.